The Balaban J connectivity index is 3.19. The molecule has 2 heteroatoms. The molecular formula is C13H18N2. The molecule has 0 fully saturated rings. The minimum Gasteiger partial charge on any atom is -0.324 e. The van der Waals surface area contributed by atoms with Gasteiger partial charge in [-0.1, -0.05) is 18.2 Å². The van der Waals surface area contributed by atoms with Crippen molar-refractivity contribution in [3.8, 4) is 6.07 Å². The second-order valence-electron chi connectivity index (χ2n) is 4.60. The molecule has 0 aromatic heterocycles. The minimum atomic E-state index is -0.429. The van der Waals surface area contributed by atoms with Crippen molar-refractivity contribution in [1.82, 2.24) is 0 Å². The average molecular weight is 202 g/mol. The third kappa shape index (κ3) is 2.37. The molecule has 0 spiro atoms. The maximum absolute atomic E-state index is 9.04. The quantitative estimate of drug-likeness (QED) is 0.801. The number of nitrogens with two attached hydrogens (primary N) is 1. The van der Waals surface area contributed by atoms with Crippen LogP contribution >= 0.6 is 0 Å². The van der Waals surface area contributed by atoms with E-state index in [4.69, 9.17) is 11.0 Å². The Morgan fingerprint density at radius 3 is 2.40 bits per heavy atom. The van der Waals surface area contributed by atoms with Gasteiger partial charge in [-0.25, -0.2) is 0 Å². The predicted molar refractivity (Wildman–Crippen MR) is 62.4 cm³/mol. The molecule has 0 aliphatic rings. The first-order valence-electron chi connectivity index (χ1n) is 5.16. The molecule has 0 unspecified atom stereocenters. The molecule has 0 aliphatic carbocycles. The van der Waals surface area contributed by atoms with Gasteiger partial charge in [0.15, 0.2) is 0 Å². The third-order valence-electron chi connectivity index (χ3n) is 2.76. The van der Waals surface area contributed by atoms with Crippen LogP contribution in [0.4, 0.5) is 0 Å². The van der Waals surface area contributed by atoms with Gasteiger partial charge in [-0.05, 0) is 44.4 Å². The van der Waals surface area contributed by atoms with Gasteiger partial charge in [-0.3, -0.25) is 0 Å². The maximum atomic E-state index is 9.04. The second kappa shape index (κ2) is 4.04. The Bertz CT molecular complexity index is 397. The summed E-state index contributed by atoms with van der Waals surface area (Å²) in [5.41, 5.74) is 8.76. The first-order chi connectivity index (χ1) is 6.88. The molecule has 0 heterocycles. The minimum absolute atomic E-state index is 0.0456. The molecule has 0 bridgehead atoms. The van der Waals surface area contributed by atoms with Crippen LogP contribution in [0.2, 0.25) is 0 Å². The summed E-state index contributed by atoms with van der Waals surface area (Å²) in [7, 11) is 0. The van der Waals surface area contributed by atoms with Gasteiger partial charge in [0.25, 0.3) is 0 Å². The highest BCUT2D eigenvalue weighted by Crippen LogP contribution is 2.25. The summed E-state index contributed by atoms with van der Waals surface area (Å²) in [6.45, 7) is 7.85. The van der Waals surface area contributed by atoms with Crippen molar-refractivity contribution in [2.75, 3.05) is 0 Å². The molecule has 0 radical (unpaired) electrons. The highest BCUT2D eigenvalue weighted by molar-refractivity contribution is 5.38. The second-order valence-corrected chi connectivity index (χ2v) is 4.60. The lowest BCUT2D eigenvalue weighted by atomic mass is 9.84. The van der Waals surface area contributed by atoms with Crippen molar-refractivity contribution in [3.05, 3.63) is 34.9 Å². The summed E-state index contributed by atoms with van der Waals surface area (Å²) in [6, 6.07) is 8.42. The van der Waals surface area contributed by atoms with E-state index in [1.54, 1.807) is 0 Å². The lowest BCUT2D eigenvalue weighted by Gasteiger charge is -2.18. The fraction of sp³-hybridized carbons (Fsp3) is 0.462. The van der Waals surface area contributed by atoms with Crippen LogP contribution in [0.3, 0.4) is 0 Å². The molecule has 0 saturated carbocycles. The molecule has 15 heavy (non-hydrogen) atoms. The fourth-order valence-corrected chi connectivity index (χ4v) is 1.64. The molecule has 0 amide bonds. The molecule has 1 rings (SSSR count). The summed E-state index contributed by atoms with van der Waals surface area (Å²) in [4.78, 5) is 0. The first kappa shape index (κ1) is 11.7. The van der Waals surface area contributed by atoms with E-state index in [1.807, 2.05) is 39.8 Å². The van der Waals surface area contributed by atoms with Crippen LogP contribution in [0.25, 0.3) is 0 Å². The van der Waals surface area contributed by atoms with Crippen LogP contribution in [0, 0.1) is 18.3 Å². The van der Waals surface area contributed by atoms with E-state index in [-0.39, 0.29) is 6.04 Å². The van der Waals surface area contributed by atoms with Crippen LogP contribution in [0.15, 0.2) is 18.2 Å². The number of nitriles is 1. The van der Waals surface area contributed by atoms with Gasteiger partial charge in [-0.15, -0.1) is 0 Å². The van der Waals surface area contributed by atoms with Crippen LogP contribution < -0.4 is 5.73 Å². The van der Waals surface area contributed by atoms with Gasteiger partial charge >= 0.3 is 0 Å². The Labute approximate surface area is 91.7 Å². The molecule has 0 aliphatic heterocycles. The topological polar surface area (TPSA) is 49.8 Å². The van der Waals surface area contributed by atoms with Crippen molar-refractivity contribution >= 4 is 0 Å². The zero-order valence-corrected chi connectivity index (χ0v) is 9.83. The highest BCUT2D eigenvalue weighted by atomic mass is 14.6. The molecule has 2 nitrogen and oxygen atoms in total. The van der Waals surface area contributed by atoms with Crippen LogP contribution in [-0.4, -0.2) is 0 Å². The summed E-state index contributed by atoms with van der Waals surface area (Å²) in [6.07, 6.45) is 0. The number of hydrogen-bond donors (Lipinski definition) is 1. The molecular weight excluding hydrogens is 184 g/mol. The predicted octanol–water partition coefficient (Wildman–Crippen LogP) is 2.82. The van der Waals surface area contributed by atoms with E-state index in [2.05, 4.69) is 12.1 Å². The smallest absolute Gasteiger partial charge is 0.0766 e. The number of aryl methyl sites for hydroxylation is 1. The Kier molecular flexibility index (Phi) is 3.16. The third-order valence-corrected chi connectivity index (χ3v) is 2.76. The first-order valence-corrected chi connectivity index (χ1v) is 5.16. The number of benzene rings is 1. The number of hydrogen-bond acceptors (Lipinski definition) is 2. The Hall–Kier alpha value is -1.33. The summed E-state index contributed by atoms with van der Waals surface area (Å²) in [5, 5.41) is 9.04. The van der Waals surface area contributed by atoms with Gasteiger partial charge in [0.1, 0.15) is 0 Å². The van der Waals surface area contributed by atoms with Crippen molar-refractivity contribution in [2.45, 2.75) is 39.2 Å². The normalized spacial score (nSPS) is 13.3. The SMILES string of the molecule is Cc1cc(C(C)(C)C#N)ccc1[C@H](C)N. The number of rotatable bonds is 2. The van der Waals surface area contributed by atoms with E-state index in [9.17, 15) is 0 Å². The maximum Gasteiger partial charge on any atom is 0.0766 e. The van der Waals surface area contributed by atoms with Gasteiger partial charge < -0.3 is 5.73 Å². The zero-order valence-electron chi connectivity index (χ0n) is 9.83. The van der Waals surface area contributed by atoms with E-state index in [0.29, 0.717) is 0 Å². The van der Waals surface area contributed by atoms with Gasteiger partial charge in [0, 0.05) is 6.04 Å². The highest BCUT2D eigenvalue weighted by Gasteiger charge is 2.20. The van der Waals surface area contributed by atoms with Crippen molar-refractivity contribution in [3.63, 3.8) is 0 Å². The van der Waals surface area contributed by atoms with Crippen LogP contribution in [0.1, 0.15) is 43.5 Å². The Morgan fingerprint density at radius 1 is 1.40 bits per heavy atom. The summed E-state index contributed by atoms with van der Waals surface area (Å²) < 4.78 is 0. The number of nitrogens with zero attached hydrogens (tertiary/aromatic N) is 1. The Morgan fingerprint density at radius 2 is 2.00 bits per heavy atom. The van der Waals surface area contributed by atoms with E-state index in [1.165, 1.54) is 0 Å². The molecule has 80 valence electrons. The molecule has 1 aromatic carbocycles. The van der Waals surface area contributed by atoms with Crippen LogP contribution in [0.5, 0.6) is 0 Å². The molecule has 2 N–H and O–H groups in total. The van der Waals surface area contributed by atoms with Crippen LogP contribution in [-0.2, 0) is 5.41 Å². The van der Waals surface area contributed by atoms with E-state index in [0.717, 1.165) is 16.7 Å². The zero-order chi connectivity index (χ0) is 11.6. The fourth-order valence-electron chi connectivity index (χ4n) is 1.64. The van der Waals surface area contributed by atoms with Crippen molar-refractivity contribution < 1.29 is 0 Å². The molecule has 1 aromatic rings. The van der Waals surface area contributed by atoms with Crippen molar-refractivity contribution in [1.29, 1.82) is 5.26 Å². The summed E-state index contributed by atoms with van der Waals surface area (Å²) >= 11 is 0. The van der Waals surface area contributed by atoms with E-state index < -0.39 is 5.41 Å². The van der Waals surface area contributed by atoms with Crippen molar-refractivity contribution in [2.24, 2.45) is 5.73 Å². The van der Waals surface area contributed by atoms with Gasteiger partial charge in [0.05, 0.1) is 11.5 Å². The average Bonchev–Trinajstić information content (AvgIpc) is 2.17. The molecule has 1 atom stereocenters. The molecule has 0 saturated heterocycles. The van der Waals surface area contributed by atoms with E-state index >= 15 is 0 Å². The summed E-state index contributed by atoms with van der Waals surface area (Å²) in [5.74, 6) is 0. The largest absolute Gasteiger partial charge is 0.324 e. The van der Waals surface area contributed by atoms with Gasteiger partial charge in [-0.2, -0.15) is 5.26 Å². The lowest BCUT2D eigenvalue weighted by Crippen LogP contribution is -2.15. The standard InChI is InChI=1S/C13H18N2/c1-9-7-11(13(3,4)8-14)5-6-12(9)10(2)15/h5-7,10H,15H2,1-4H3/t10-/m0/s1. The monoisotopic (exact) mass is 202 g/mol. The lowest BCUT2D eigenvalue weighted by molar-refractivity contribution is 0.683. The van der Waals surface area contributed by atoms with Gasteiger partial charge in [0.2, 0.25) is 0 Å².